The fraction of sp³-hybridized carbons (Fsp3) is 0.281. The molecule has 0 aliphatic carbocycles. The summed E-state index contributed by atoms with van der Waals surface area (Å²) < 4.78 is 35.8. The van der Waals surface area contributed by atoms with Crippen molar-refractivity contribution in [1.29, 1.82) is 0 Å². The van der Waals surface area contributed by atoms with Crippen molar-refractivity contribution in [1.82, 2.24) is 10.3 Å². The fourth-order valence-electron chi connectivity index (χ4n) is 4.12. The highest BCUT2D eigenvalue weighted by molar-refractivity contribution is 5.68. The molecule has 0 spiro atoms. The number of carboxylic acid groups (broad SMARTS) is 1. The maximum absolute atomic E-state index is 13.1. The molecule has 0 aliphatic heterocycles. The number of hydrogen-bond acceptors (Lipinski definition) is 7. The second-order valence-electron chi connectivity index (χ2n) is 9.83. The van der Waals surface area contributed by atoms with Crippen molar-refractivity contribution in [2.75, 3.05) is 6.61 Å². The van der Waals surface area contributed by atoms with Gasteiger partial charge in [0.05, 0.1) is 18.4 Å². The van der Waals surface area contributed by atoms with Gasteiger partial charge in [0, 0.05) is 24.9 Å². The van der Waals surface area contributed by atoms with Crippen LogP contribution in [0.1, 0.15) is 42.8 Å². The monoisotopic (exact) mass is 576 g/mol. The summed E-state index contributed by atoms with van der Waals surface area (Å²) in [5.74, 6) is 1.64. The topological polar surface area (TPSA) is 120 Å². The average Bonchev–Trinajstić information content (AvgIpc) is 3.32. The Balaban J connectivity index is 1.36. The molecule has 0 bridgehead atoms. The Kier molecular flexibility index (Phi) is 10.1. The van der Waals surface area contributed by atoms with Crippen LogP contribution in [-0.4, -0.2) is 34.9 Å². The van der Waals surface area contributed by atoms with Crippen molar-refractivity contribution in [3.05, 3.63) is 95.1 Å². The lowest BCUT2D eigenvalue weighted by atomic mass is 10.0. The van der Waals surface area contributed by atoms with E-state index >= 15 is 0 Å². The molecule has 0 saturated heterocycles. The Labute approximate surface area is 243 Å². The average molecular weight is 577 g/mol. The number of rotatable bonds is 13. The molecule has 4 rings (SSSR count). The summed E-state index contributed by atoms with van der Waals surface area (Å²) in [6.45, 7) is 5.86. The zero-order valence-electron chi connectivity index (χ0n) is 23.7. The maximum Gasteiger partial charge on any atom is 0.407 e. The zero-order valence-corrected chi connectivity index (χ0v) is 23.7. The number of aromatic nitrogens is 1. The van der Waals surface area contributed by atoms with E-state index in [4.69, 9.17) is 23.7 Å². The van der Waals surface area contributed by atoms with Crippen LogP contribution < -0.4 is 14.8 Å². The van der Waals surface area contributed by atoms with Crippen LogP contribution in [0.4, 0.5) is 9.18 Å². The molecule has 1 amide bonds. The predicted molar refractivity (Wildman–Crippen MR) is 153 cm³/mol. The van der Waals surface area contributed by atoms with Gasteiger partial charge in [-0.05, 0) is 99.0 Å². The van der Waals surface area contributed by atoms with Gasteiger partial charge in [0.15, 0.2) is 0 Å². The Morgan fingerprint density at radius 2 is 1.62 bits per heavy atom. The molecule has 42 heavy (non-hydrogen) atoms. The molecular formula is C32H33FN2O7. The number of oxazole rings is 1. The number of carboxylic acids is 1. The van der Waals surface area contributed by atoms with E-state index < -0.39 is 12.1 Å². The Morgan fingerprint density at radius 1 is 0.952 bits per heavy atom. The summed E-state index contributed by atoms with van der Waals surface area (Å²) in [7, 11) is 0. The smallest absolute Gasteiger partial charge is 0.407 e. The molecule has 9 nitrogen and oxygen atoms in total. The summed E-state index contributed by atoms with van der Waals surface area (Å²) in [5.41, 5.74) is 3.09. The highest BCUT2D eigenvalue weighted by Crippen LogP contribution is 2.27. The van der Waals surface area contributed by atoms with Crippen molar-refractivity contribution >= 4 is 12.1 Å². The molecule has 0 fully saturated rings. The van der Waals surface area contributed by atoms with E-state index in [1.54, 1.807) is 50.2 Å². The van der Waals surface area contributed by atoms with Gasteiger partial charge in [-0.15, -0.1) is 0 Å². The molecule has 0 unspecified atom stereocenters. The van der Waals surface area contributed by atoms with E-state index in [-0.39, 0.29) is 24.9 Å². The first-order valence-corrected chi connectivity index (χ1v) is 13.6. The van der Waals surface area contributed by atoms with E-state index in [9.17, 15) is 14.0 Å². The number of alkyl carbamates (subject to hydrolysis) is 1. The van der Waals surface area contributed by atoms with Gasteiger partial charge in [-0.3, -0.25) is 4.79 Å². The number of benzene rings is 3. The number of nitrogens with one attached hydrogen (secondary N) is 1. The molecule has 0 radical (unpaired) electrons. The normalized spacial score (nSPS) is 10.9. The molecule has 2 N–H and O–H groups in total. The number of hydrogen-bond donors (Lipinski definition) is 2. The van der Waals surface area contributed by atoms with Crippen LogP contribution >= 0.6 is 0 Å². The summed E-state index contributed by atoms with van der Waals surface area (Å²) in [5, 5.41) is 11.8. The SMILES string of the molecule is Cc1oc(-c2ccc(Oc3ccc(F)cc3)cc2)nc1CCOc1ccc(CCC(=O)O)c(CNC(=O)OC(C)C)c1. The third kappa shape index (κ3) is 8.82. The van der Waals surface area contributed by atoms with Crippen LogP contribution in [0, 0.1) is 12.7 Å². The molecule has 0 saturated carbocycles. The second-order valence-corrected chi connectivity index (χ2v) is 9.83. The number of aryl methyl sites for hydroxylation is 2. The maximum atomic E-state index is 13.1. The molecule has 0 aliphatic rings. The molecule has 3 aromatic carbocycles. The van der Waals surface area contributed by atoms with E-state index in [1.807, 2.05) is 25.1 Å². The first-order chi connectivity index (χ1) is 20.2. The van der Waals surface area contributed by atoms with Crippen LogP contribution in [-0.2, 0) is 28.9 Å². The van der Waals surface area contributed by atoms with Crippen LogP contribution in [0.3, 0.4) is 0 Å². The third-order valence-corrected chi connectivity index (χ3v) is 6.20. The summed E-state index contributed by atoms with van der Waals surface area (Å²) in [4.78, 5) is 27.7. The minimum absolute atomic E-state index is 0.0264. The van der Waals surface area contributed by atoms with Gasteiger partial charge in [-0.1, -0.05) is 6.07 Å². The molecule has 220 valence electrons. The Hall–Kier alpha value is -4.86. The standard InChI is InChI=1S/C32H33FN2O7/c1-20(2)40-32(38)34-19-24-18-28(12-4-22(24)7-15-30(36)37)39-17-16-29-21(3)41-31(35-29)23-5-10-26(11-6-23)42-27-13-8-25(33)9-14-27/h4-6,8-14,18,20H,7,15-17,19H2,1-3H3,(H,34,38)(H,36,37). The van der Waals surface area contributed by atoms with Crippen LogP contribution in [0.15, 0.2) is 71.1 Å². The lowest BCUT2D eigenvalue weighted by Gasteiger charge is -2.14. The minimum Gasteiger partial charge on any atom is -0.493 e. The molecule has 0 atom stereocenters. The van der Waals surface area contributed by atoms with Crippen LogP contribution in [0.2, 0.25) is 0 Å². The highest BCUT2D eigenvalue weighted by atomic mass is 19.1. The van der Waals surface area contributed by atoms with E-state index in [0.29, 0.717) is 48.3 Å². The Morgan fingerprint density at radius 3 is 2.29 bits per heavy atom. The number of ether oxygens (including phenoxy) is 3. The number of halogens is 1. The van der Waals surface area contributed by atoms with Gasteiger partial charge in [-0.2, -0.15) is 0 Å². The van der Waals surface area contributed by atoms with E-state index in [2.05, 4.69) is 10.3 Å². The van der Waals surface area contributed by atoms with Gasteiger partial charge in [-0.25, -0.2) is 14.2 Å². The van der Waals surface area contributed by atoms with Crippen molar-refractivity contribution < 1.29 is 37.7 Å². The van der Waals surface area contributed by atoms with Gasteiger partial charge in [0.1, 0.15) is 28.8 Å². The van der Waals surface area contributed by atoms with E-state index in [1.165, 1.54) is 12.1 Å². The molecular weight excluding hydrogens is 543 g/mol. The molecule has 10 heteroatoms. The minimum atomic E-state index is -0.898. The second kappa shape index (κ2) is 14.2. The largest absolute Gasteiger partial charge is 0.493 e. The number of aliphatic carboxylic acids is 1. The van der Waals surface area contributed by atoms with Gasteiger partial charge in [0.25, 0.3) is 0 Å². The zero-order chi connectivity index (χ0) is 30.1. The van der Waals surface area contributed by atoms with Crippen molar-refractivity contribution in [3.63, 3.8) is 0 Å². The third-order valence-electron chi connectivity index (χ3n) is 6.20. The lowest BCUT2D eigenvalue weighted by molar-refractivity contribution is -0.136. The summed E-state index contributed by atoms with van der Waals surface area (Å²) >= 11 is 0. The quantitative estimate of drug-likeness (QED) is 0.177. The molecule has 1 aromatic heterocycles. The van der Waals surface area contributed by atoms with Crippen LogP contribution in [0.25, 0.3) is 11.5 Å². The summed E-state index contributed by atoms with van der Waals surface area (Å²) in [6.07, 6.45) is -0.00958. The highest BCUT2D eigenvalue weighted by Gasteiger charge is 2.14. The van der Waals surface area contributed by atoms with Gasteiger partial charge < -0.3 is 29.1 Å². The van der Waals surface area contributed by atoms with Crippen molar-refractivity contribution in [2.45, 2.75) is 52.7 Å². The number of carbonyl (C=O) groups is 2. The van der Waals surface area contributed by atoms with Crippen molar-refractivity contribution in [3.8, 4) is 28.7 Å². The molecule has 4 aromatic rings. The number of nitrogens with zero attached hydrogens (tertiary/aromatic N) is 1. The fourth-order valence-corrected chi connectivity index (χ4v) is 4.12. The van der Waals surface area contributed by atoms with Gasteiger partial charge >= 0.3 is 12.1 Å². The predicted octanol–water partition coefficient (Wildman–Crippen LogP) is 6.85. The first-order valence-electron chi connectivity index (χ1n) is 13.6. The van der Waals surface area contributed by atoms with Crippen LogP contribution in [0.5, 0.6) is 17.2 Å². The Bertz CT molecular complexity index is 1500. The van der Waals surface area contributed by atoms with Gasteiger partial charge in [0.2, 0.25) is 5.89 Å². The van der Waals surface area contributed by atoms with E-state index in [0.717, 1.165) is 22.4 Å². The number of amides is 1. The number of carbonyl (C=O) groups excluding carboxylic acids is 1. The van der Waals surface area contributed by atoms with Crippen molar-refractivity contribution in [2.24, 2.45) is 0 Å². The summed E-state index contributed by atoms with van der Waals surface area (Å²) in [6, 6.07) is 18.4. The molecule has 1 heterocycles. The first kappa shape index (κ1) is 30.1. The lowest BCUT2D eigenvalue weighted by Crippen LogP contribution is -2.26.